The summed E-state index contributed by atoms with van der Waals surface area (Å²) in [4.78, 5) is 12.7. The molecular weight excluding hydrogens is 312 g/mol. The number of hydrogen-bond donors (Lipinski definition) is 1. The van der Waals surface area contributed by atoms with Crippen molar-refractivity contribution in [2.24, 2.45) is 23.7 Å². The van der Waals surface area contributed by atoms with Crippen molar-refractivity contribution in [3.05, 3.63) is 17.5 Å². The number of amides is 1. The Morgan fingerprint density at radius 3 is 2.29 bits per heavy atom. The summed E-state index contributed by atoms with van der Waals surface area (Å²) in [5.41, 5.74) is 0.333. The number of aryl methyl sites for hydroxylation is 1. The second-order valence-corrected chi connectivity index (χ2v) is 8.10. The molecule has 0 aliphatic heterocycles. The predicted molar refractivity (Wildman–Crippen MR) is 85.6 cm³/mol. The van der Waals surface area contributed by atoms with Crippen LogP contribution in [0.25, 0.3) is 0 Å². The maximum absolute atomic E-state index is 12.8. The number of alkyl halides is 2. The molecule has 4 fully saturated rings. The zero-order chi connectivity index (χ0) is 17.0. The van der Waals surface area contributed by atoms with Crippen LogP contribution in [0.15, 0.2) is 6.07 Å². The SMILES string of the molecule is Cc1cc(C(F)F)nn1C(C)C(=O)NC1C2CC3CC(C2)CC1C3. The molecule has 1 heterocycles. The number of halogens is 2. The van der Waals surface area contributed by atoms with Crippen LogP contribution in [-0.2, 0) is 4.79 Å². The van der Waals surface area contributed by atoms with Crippen LogP contribution in [0.2, 0.25) is 0 Å². The van der Waals surface area contributed by atoms with E-state index in [0.29, 0.717) is 17.5 Å². The average molecular weight is 337 g/mol. The first kappa shape index (κ1) is 16.0. The van der Waals surface area contributed by atoms with Gasteiger partial charge < -0.3 is 5.32 Å². The van der Waals surface area contributed by atoms with E-state index in [1.165, 1.54) is 42.9 Å². The van der Waals surface area contributed by atoms with Gasteiger partial charge in [0.25, 0.3) is 6.43 Å². The largest absolute Gasteiger partial charge is 0.351 e. The molecule has 1 aromatic rings. The summed E-state index contributed by atoms with van der Waals surface area (Å²) in [5.74, 6) is 2.83. The van der Waals surface area contributed by atoms with Crippen LogP contribution in [-0.4, -0.2) is 21.7 Å². The Kier molecular flexibility index (Phi) is 3.88. The molecule has 0 saturated heterocycles. The molecule has 1 atom stereocenters. The van der Waals surface area contributed by atoms with E-state index < -0.39 is 12.5 Å². The number of carbonyl (C=O) groups is 1. The first-order valence-corrected chi connectivity index (χ1v) is 9.07. The van der Waals surface area contributed by atoms with E-state index in [1.54, 1.807) is 13.8 Å². The second kappa shape index (κ2) is 5.81. The molecule has 4 aliphatic rings. The molecule has 4 nitrogen and oxygen atoms in total. The Bertz CT molecular complexity index is 614. The molecule has 0 spiro atoms. The first-order valence-electron chi connectivity index (χ1n) is 9.07. The van der Waals surface area contributed by atoms with Crippen LogP contribution in [0, 0.1) is 30.6 Å². The minimum absolute atomic E-state index is 0.0977. The summed E-state index contributed by atoms with van der Waals surface area (Å²) in [6, 6.07) is 1.06. The number of carbonyl (C=O) groups excluding carboxylic acids is 1. The van der Waals surface area contributed by atoms with Gasteiger partial charge in [0.1, 0.15) is 11.7 Å². The quantitative estimate of drug-likeness (QED) is 0.912. The molecule has 4 aliphatic carbocycles. The van der Waals surface area contributed by atoms with Crippen molar-refractivity contribution in [1.82, 2.24) is 15.1 Å². The highest BCUT2D eigenvalue weighted by molar-refractivity contribution is 5.80. The fourth-order valence-electron chi connectivity index (χ4n) is 5.57. The van der Waals surface area contributed by atoms with Crippen molar-refractivity contribution in [3.8, 4) is 0 Å². The van der Waals surface area contributed by atoms with Crippen LogP contribution < -0.4 is 5.32 Å². The summed E-state index contributed by atoms with van der Waals surface area (Å²) in [7, 11) is 0. The maximum atomic E-state index is 12.8. The summed E-state index contributed by atoms with van der Waals surface area (Å²) in [5, 5.41) is 7.16. The molecule has 1 amide bonds. The van der Waals surface area contributed by atoms with E-state index in [0.717, 1.165) is 11.8 Å². The molecule has 132 valence electrons. The van der Waals surface area contributed by atoms with Crippen molar-refractivity contribution in [1.29, 1.82) is 0 Å². The van der Waals surface area contributed by atoms with Crippen molar-refractivity contribution in [2.45, 2.75) is 64.5 Å². The van der Waals surface area contributed by atoms with Gasteiger partial charge in [-0.15, -0.1) is 0 Å². The Balaban J connectivity index is 1.46. The van der Waals surface area contributed by atoms with Crippen LogP contribution in [0.4, 0.5) is 8.78 Å². The molecule has 0 radical (unpaired) electrons. The van der Waals surface area contributed by atoms with Gasteiger partial charge >= 0.3 is 0 Å². The molecule has 4 saturated carbocycles. The van der Waals surface area contributed by atoms with Gasteiger partial charge in [-0.1, -0.05) is 0 Å². The van der Waals surface area contributed by atoms with E-state index in [9.17, 15) is 13.6 Å². The van der Waals surface area contributed by atoms with Crippen LogP contribution in [0.3, 0.4) is 0 Å². The molecule has 1 aromatic heterocycles. The third-order valence-electron chi connectivity index (χ3n) is 6.45. The molecule has 0 aromatic carbocycles. The lowest BCUT2D eigenvalue weighted by Crippen LogP contribution is -2.56. The van der Waals surface area contributed by atoms with Gasteiger partial charge in [0, 0.05) is 11.7 Å². The third kappa shape index (κ3) is 2.64. The number of aromatic nitrogens is 2. The second-order valence-electron chi connectivity index (χ2n) is 8.10. The van der Waals surface area contributed by atoms with Gasteiger partial charge in [0.2, 0.25) is 5.91 Å². The molecule has 24 heavy (non-hydrogen) atoms. The minimum atomic E-state index is -2.61. The van der Waals surface area contributed by atoms with Crippen LogP contribution in [0.1, 0.15) is 62.9 Å². The summed E-state index contributed by atoms with van der Waals surface area (Å²) in [6.45, 7) is 3.45. The van der Waals surface area contributed by atoms with E-state index >= 15 is 0 Å². The van der Waals surface area contributed by atoms with Crippen molar-refractivity contribution >= 4 is 5.91 Å². The molecule has 1 unspecified atom stereocenters. The Morgan fingerprint density at radius 2 is 1.79 bits per heavy atom. The minimum Gasteiger partial charge on any atom is -0.351 e. The maximum Gasteiger partial charge on any atom is 0.282 e. The van der Waals surface area contributed by atoms with E-state index in [2.05, 4.69) is 10.4 Å². The zero-order valence-electron chi connectivity index (χ0n) is 14.2. The van der Waals surface area contributed by atoms with Crippen molar-refractivity contribution in [2.75, 3.05) is 0 Å². The van der Waals surface area contributed by atoms with E-state index in [-0.39, 0.29) is 17.6 Å². The lowest BCUT2D eigenvalue weighted by Gasteiger charge is -2.54. The molecular formula is C18H25F2N3O. The first-order chi connectivity index (χ1) is 11.4. The average Bonchev–Trinajstić information content (AvgIpc) is 2.91. The Hall–Kier alpha value is -1.46. The van der Waals surface area contributed by atoms with Crippen LogP contribution in [0.5, 0.6) is 0 Å². The molecule has 4 bridgehead atoms. The van der Waals surface area contributed by atoms with Gasteiger partial charge in [-0.2, -0.15) is 5.10 Å². The normalized spacial score (nSPS) is 35.5. The Morgan fingerprint density at radius 1 is 1.21 bits per heavy atom. The lowest BCUT2D eigenvalue weighted by atomic mass is 9.54. The Labute approximate surface area is 141 Å². The van der Waals surface area contributed by atoms with Gasteiger partial charge in [0.05, 0.1) is 0 Å². The topological polar surface area (TPSA) is 46.9 Å². The fourth-order valence-corrected chi connectivity index (χ4v) is 5.57. The van der Waals surface area contributed by atoms with E-state index in [1.807, 2.05) is 0 Å². The fraction of sp³-hybridized carbons (Fsp3) is 0.778. The number of nitrogens with one attached hydrogen (secondary N) is 1. The highest BCUT2D eigenvalue weighted by atomic mass is 19.3. The monoisotopic (exact) mass is 337 g/mol. The number of hydrogen-bond acceptors (Lipinski definition) is 2. The van der Waals surface area contributed by atoms with Crippen molar-refractivity contribution in [3.63, 3.8) is 0 Å². The van der Waals surface area contributed by atoms with E-state index in [4.69, 9.17) is 0 Å². The summed E-state index contributed by atoms with van der Waals surface area (Å²) in [6.07, 6.45) is 3.73. The van der Waals surface area contributed by atoms with Gasteiger partial charge in [-0.25, -0.2) is 8.78 Å². The molecule has 6 heteroatoms. The molecule has 1 N–H and O–H groups in total. The molecule has 5 rings (SSSR count). The van der Waals surface area contributed by atoms with Crippen LogP contribution >= 0.6 is 0 Å². The van der Waals surface area contributed by atoms with Gasteiger partial charge in [-0.05, 0) is 75.7 Å². The smallest absolute Gasteiger partial charge is 0.282 e. The van der Waals surface area contributed by atoms with Gasteiger partial charge in [0.15, 0.2) is 0 Å². The number of nitrogens with zero attached hydrogens (tertiary/aromatic N) is 2. The van der Waals surface area contributed by atoms with Gasteiger partial charge in [-0.3, -0.25) is 9.48 Å². The summed E-state index contributed by atoms with van der Waals surface area (Å²) < 4.78 is 27.1. The summed E-state index contributed by atoms with van der Waals surface area (Å²) >= 11 is 0. The zero-order valence-corrected chi connectivity index (χ0v) is 14.2. The lowest BCUT2D eigenvalue weighted by molar-refractivity contribution is -0.128. The standard InChI is InChI=1S/C18H25F2N3O/c1-9-3-15(17(19)20)22-23(9)10(2)18(24)21-16-13-5-11-4-12(7-13)8-14(16)6-11/h3,10-14,16-17H,4-8H2,1-2H3,(H,21,24). The number of rotatable bonds is 4. The highest BCUT2D eigenvalue weighted by Gasteiger charge is 2.48. The predicted octanol–water partition coefficient (Wildman–Crippen LogP) is 3.63. The highest BCUT2D eigenvalue weighted by Crippen LogP contribution is 2.53. The van der Waals surface area contributed by atoms with Crippen molar-refractivity contribution < 1.29 is 13.6 Å². The third-order valence-corrected chi connectivity index (χ3v) is 6.45.